The number of anilines is 1. The van der Waals surface area contributed by atoms with Gasteiger partial charge in [0.25, 0.3) is 0 Å². The standard InChI is InChI=1S/C15H17ClN4OS.ClH/c1-9-11(5-2-6-17)22-13-12(9)19-15(16)20-14(13)18-8-10-4-3-7-21-10;/h3-4,7H,2,5-6,8,17H2,1H3,(H,18,19,20);1H. The van der Waals surface area contributed by atoms with Crippen LogP contribution in [0, 0.1) is 6.92 Å². The minimum atomic E-state index is 0. The molecule has 124 valence electrons. The summed E-state index contributed by atoms with van der Waals surface area (Å²) in [6.45, 7) is 3.32. The average Bonchev–Trinajstić information content (AvgIpc) is 3.12. The Bertz CT molecular complexity index is 773. The van der Waals surface area contributed by atoms with Gasteiger partial charge in [0.2, 0.25) is 5.28 Å². The third kappa shape index (κ3) is 3.95. The molecule has 23 heavy (non-hydrogen) atoms. The van der Waals surface area contributed by atoms with E-state index in [1.54, 1.807) is 17.6 Å². The molecular weight excluding hydrogens is 355 g/mol. The molecule has 0 aliphatic carbocycles. The number of fused-ring (bicyclic) bond motifs is 1. The molecule has 3 rings (SSSR count). The number of aromatic nitrogens is 2. The maximum Gasteiger partial charge on any atom is 0.224 e. The Labute approximate surface area is 149 Å². The lowest BCUT2D eigenvalue weighted by Crippen LogP contribution is -2.01. The molecule has 0 saturated heterocycles. The van der Waals surface area contributed by atoms with Crippen molar-refractivity contribution in [3.05, 3.63) is 39.9 Å². The summed E-state index contributed by atoms with van der Waals surface area (Å²) in [5, 5.41) is 3.53. The number of nitrogens with one attached hydrogen (secondary N) is 1. The molecule has 0 atom stereocenters. The summed E-state index contributed by atoms with van der Waals surface area (Å²) in [5.74, 6) is 1.60. The fourth-order valence-corrected chi connectivity index (χ4v) is 3.73. The van der Waals surface area contributed by atoms with Crippen molar-refractivity contribution in [3.63, 3.8) is 0 Å². The first kappa shape index (κ1) is 18.0. The molecule has 3 aromatic heterocycles. The lowest BCUT2D eigenvalue weighted by Gasteiger charge is -2.05. The molecule has 0 fully saturated rings. The van der Waals surface area contributed by atoms with Crippen molar-refractivity contribution in [1.29, 1.82) is 0 Å². The molecule has 0 spiro atoms. The van der Waals surface area contributed by atoms with E-state index in [1.807, 2.05) is 12.1 Å². The molecule has 0 bridgehead atoms. The molecule has 0 aliphatic rings. The van der Waals surface area contributed by atoms with Gasteiger partial charge in [0.05, 0.1) is 23.0 Å². The highest BCUT2D eigenvalue weighted by Gasteiger charge is 2.15. The smallest absolute Gasteiger partial charge is 0.224 e. The van der Waals surface area contributed by atoms with E-state index in [9.17, 15) is 0 Å². The van der Waals surface area contributed by atoms with Crippen LogP contribution >= 0.6 is 35.3 Å². The van der Waals surface area contributed by atoms with Crippen LogP contribution in [0.4, 0.5) is 5.82 Å². The Hall–Kier alpha value is -1.34. The third-order valence-corrected chi connectivity index (χ3v) is 4.97. The topological polar surface area (TPSA) is 77.0 Å². The molecule has 5 nitrogen and oxygen atoms in total. The van der Waals surface area contributed by atoms with Crippen molar-refractivity contribution in [2.24, 2.45) is 5.73 Å². The Morgan fingerprint density at radius 1 is 1.39 bits per heavy atom. The zero-order chi connectivity index (χ0) is 15.5. The summed E-state index contributed by atoms with van der Waals surface area (Å²) in [6, 6.07) is 3.78. The summed E-state index contributed by atoms with van der Waals surface area (Å²) in [6.07, 6.45) is 3.57. The first-order chi connectivity index (χ1) is 10.7. The van der Waals surface area contributed by atoms with Crippen molar-refractivity contribution >= 4 is 51.4 Å². The highest BCUT2D eigenvalue weighted by molar-refractivity contribution is 7.19. The van der Waals surface area contributed by atoms with Crippen LogP contribution in [0.25, 0.3) is 10.2 Å². The summed E-state index contributed by atoms with van der Waals surface area (Å²) in [5.41, 5.74) is 7.69. The average molecular weight is 373 g/mol. The molecule has 0 aromatic carbocycles. The van der Waals surface area contributed by atoms with E-state index in [2.05, 4.69) is 22.2 Å². The zero-order valence-electron chi connectivity index (χ0n) is 12.6. The SMILES string of the molecule is Cc1c(CCCN)sc2c(NCc3ccco3)nc(Cl)nc12.Cl. The van der Waals surface area contributed by atoms with Crippen molar-refractivity contribution in [2.75, 3.05) is 11.9 Å². The molecule has 0 radical (unpaired) electrons. The number of nitrogens with two attached hydrogens (primary N) is 1. The highest BCUT2D eigenvalue weighted by atomic mass is 35.5. The quantitative estimate of drug-likeness (QED) is 0.634. The van der Waals surface area contributed by atoms with Gasteiger partial charge < -0.3 is 15.5 Å². The van der Waals surface area contributed by atoms with Crippen LogP contribution in [0.2, 0.25) is 5.28 Å². The number of thiophene rings is 1. The van der Waals surface area contributed by atoms with Crippen molar-refractivity contribution in [2.45, 2.75) is 26.3 Å². The van der Waals surface area contributed by atoms with Gasteiger partial charge in [-0.3, -0.25) is 0 Å². The summed E-state index contributed by atoms with van der Waals surface area (Å²) < 4.78 is 6.36. The largest absolute Gasteiger partial charge is 0.467 e. The van der Waals surface area contributed by atoms with E-state index in [-0.39, 0.29) is 17.7 Å². The van der Waals surface area contributed by atoms with E-state index >= 15 is 0 Å². The van der Waals surface area contributed by atoms with Crippen molar-refractivity contribution in [3.8, 4) is 0 Å². The van der Waals surface area contributed by atoms with Gasteiger partial charge in [0.15, 0.2) is 0 Å². The maximum atomic E-state index is 6.07. The first-order valence-corrected chi connectivity index (χ1v) is 8.30. The number of rotatable bonds is 6. The number of hydrogen-bond acceptors (Lipinski definition) is 6. The van der Waals surface area contributed by atoms with Gasteiger partial charge >= 0.3 is 0 Å². The second-order valence-corrected chi connectivity index (χ2v) is 6.44. The van der Waals surface area contributed by atoms with Crippen molar-refractivity contribution < 1.29 is 4.42 Å². The van der Waals surface area contributed by atoms with E-state index in [0.29, 0.717) is 13.1 Å². The van der Waals surface area contributed by atoms with Gasteiger partial charge in [-0.25, -0.2) is 4.98 Å². The first-order valence-electron chi connectivity index (χ1n) is 7.11. The van der Waals surface area contributed by atoms with E-state index in [0.717, 1.165) is 34.6 Å². The molecule has 0 aliphatic heterocycles. The molecule has 3 heterocycles. The Kier molecular flexibility index (Phi) is 6.24. The molecular formula is C15H18Cl2N4OS. The molecule has 8 heteroatoms. The van der Waals surface area contributed by atoms with E-state index in [1.165, 1.54) is 10.4 Å². The fraction of sp³-hybridized carbons (Fsp3) is 0.333. The lowest BCUT2D eigenvalue weighted by molar-refractivity contribution is 0.518. The van der Waals surface area contributed by atoms with Crippen molar-refractivity contribution in [1.82, 2.24) is 9.97 Å². The number of nitrogens with zero attached hydrogens (tertiary/aromatic N) is 2. The van der Waals surface area contributed by atoms with Crippen LogP contribution in [-0.2, 0) is 13.0 Å². The van der Waals surface area contributed by atoms with E-state index < -0.39 is 0 Å². The summed E-state index contributed by atoms with van der Waals surface area (Å²) in [7, 11) is 0. The van der Waals surface area contributed by atoms with E-state index in [4.69, 9.17) is 21.8 Å². The maximum absolute atomic E-state index is 6.07. The predicted molar refractivity (Wildman–Crippen MR) is 97.8 cm³/mol. The minimum absolute atomic E-state index is 0. The molecule has 0 saturated carbocycles. The molecule has 3 aromatic rings. The Morgan fingerprint density at radius 2 is 2.22 bits per heavy atom. The van der Waals surface area contributed by atoms with Gasteiger partial charge in [0.1, 0.15) is 11.6 Å². The normalized spacial score (nSPS) is 10.7. The number of furan rings is 1. The predicted octanol–water partition coefficient (Wildman–Crippen LogP) is 4.17. The number of halogens is 2. The summed E-state index contributed by atoms with van der Waals surface area (Å²) in [4.78, 5) is 9.99. The van der Waals surface area contributed by atoms with Gasteiger partial charge in [-0.05, 0) is 55.6 Å². The highest BCUT2D eigenvalue weighted by Crippen LogP contribution is 2.35. The van der Waals surface area contributed by atoms with Crippen LogP contribution in [0.3, 0.4) is 0 Å². The van der Waals surface area contributed by atoms with Gasteiger partial charge in [-0.1, -0.05) is 0 Å². The van der Waals surface area contributed by atoms with Gasteiger partial charge in [0, 0.05) is 4.88 Å². The van der Waals surface area contributed by atoms with Gasteiger partial charge in [-0.2, -0.15) is 4.98 Å². The molecule has 0 amide bonds. The van der Waals surface area contributed by atoms with Crippen LogP contribution in [0.5, 0.6) is 0 Å². The molecule has 0 unspecified atom stereocenters. The number of hydrogen-bond donors (Lipinski definition) is 2. The lowest BCUT2D eigenvalue weighted by atomic mass is 10.2. The van der Waals surface area contributed by atoms with Gasteiger partial charge in [-0.15, -0.1) is 23.7 Å². The minimum Gasteiger partial charge on any atom is -0.467 e. The summed E-state index contributed by atoms with van der Waals surface area (Å²) >= 11 is 7.77. The fourth-order valence-electron chi connectivity index (χ4n) is 2.31. The van der Waals surface area contributed by atoms with Crippen LogP contribution < -0.4 is 11.1 Å². The second-order valence-electron chi connectivity index (χ2n) is 4.99. The third-order valence-electron chi connectivity index (χ3n) is 3.46. The van der Waals surface area contributed by atoms with Crippen LogP contribution in [-0.4, -0.2) is 16.5 Å². The van der Waals surface area contributed by atoms with Crippen LogP contribution in [0.15, 0.2) is 22.8 Å². The number of aryl methyl sites for hydroxylation is 2. The monoisotopic (exact) mass is 372 g/mol. The Balaban J connectivity index is 0.00000192. The molecule has 3 N–H and O–H groups in total. The Morgan fingerprint density at radius 3 is 2.91 bits per heavy atom. The zero-order valence-corrected chi connectivity index (χ0v) is 15.0. The van der Waals surface area contributed by atoms with Crippen LogP contribution in [0.1, 0.15) is 22.6 Å². The second kappa shape index (κ2) is 7.97.